The molecular formula is C15H21NO3. The van der Waals surface area contributed by atoms with Gasteiger partial charge in [0.25, 0.3) is 0 Å². The van der Waals surface area contributed by atoms with E-state index < -0.39 is 6.09 Å². The second-order valence-corrected chi connectivity index (χ2v) is 6.24. The van der Waals surface area contributed by atoms with E-state index in [2.05, 4.69) is 20.8 Å². The molecule has 4 nitrogen and oxygen atoms in total. The number of nitrogens with zero attached hydrogens (tertiary/aromatic N) is 1. The number of amides is 1. The maximum Gasteiger partial charge on any atom is 0.407 e. The summed E-state index contributed by atoms with van der Waals surface area (Å²) in [5, 5.41) is 19.3. The number of rotatable bonds is 0. The van der Waals surface area contributed by atoms with E-state index in [4.69, 9.17) is 0 Å². The summed E-state index contributed by atoms with van der Waals surface area (Å²) in [6.45, 7) is 7.24. The van der Waals surface area contributed by atoms with Crippen molar-refractivity contribution in [3.05, 3.63) is 29.3 Å². The summed E-state index contributed by atoms with van der Waals surface area (Å²) in [4.78, 5) is 12.7. The number of phenols is 1. The summed E-state index contributed by atoms with van der Waals surface area (Å²) < 4.78 is 0. The lowest BCUT2D eigenvalue weighted by Crippen LogP contribution is -2.36. The standard InChI is InChI=1S/C15H21NO3/c1-15(2,3)12-9-16(14(18)19)8-7-11-10(12)5-4-6-13(11)17/h4-6,12,17H,7-9H2,1-3H3,(H,18,19). The fraction of sp³-hybridized carbons (Fsp3) is 0.533. The molecule has 0 saturated carbocycles. The fourth-order valence-corrected chi connectivity index (χ4v) is 2.76. The van der Waals surface area contributed by atoms with Crippen molar-refractivity contribution in [1.29, 1.82) is 0 Å². The van der Waals surface area contributed by atoms with Gasteiger partial charge in [-0.1, -0.05) is 32.9 Å². The third-order valence-corrected chi connectivity index (χ3v) is 3.91. The molecule has 1 aromatic rings. The maximum absolute atomic E-state index is 11.3. The average Bonchev–Trinajstić information content (AvgIpc) is 2.48. The van der Waals surface area contributed by atoms with Crippen molar-refractivity contribution in [3.63, 3.8) is 0 Å². The summed E-state index contributed by atoms with van der Waals surface area (Å²) >= 11 is 0. The van der Waals surface area contributed by atoms with Gasteiger partial charge in [-0.15, -0.1) is 0 Å². The topological polar surface area (TPSA) is 60.8 Å². The quantitative estimate of drug-likeness (QED) is 0.756. The molecule has 0 fully saturated rings. The highest BCUT2D eigenvalue weighted by Gasteiger charge is 2.34. The van der Waals surface area contributed by atoms with Crippen molar-refractivity contribution in [3.8, 4) is 5.75 Å². The van der Waals surface area contributed by atoms with Crippen molar-refractivity contribution < 1.29 is 15.0 Å². The van der Waals surface area contributed by atoms with Crippen LogP contribution in [0.25, 0.3) is 0 Å². The summed E-state index contributed by atoms with van der Waals surface area (Å²) in [7, 11) is 0. The molecule has 1 aliphatic heterocycles. The molecule has 19 heavy (non-hydrogen) atoms. The first kappa shape index (κ1) is 13.7. The summed E-state index contributed by atoms with van der Waals surface area (Å²) in [5.74, 6) is 0.368. The smallest absolute Gasteiger partial charge is 0.407 e. The van der Waals surface area contributed by atoms with E-state index in [0.29, 0.717) is 19.5 Å². The van der Waals surface area contributed by atoms with Gasteiger partial charge in [-0.3, -0.25) is 0 Å². The molecule has 0 radical (unpaired) electrons. The average molecular weight is 263 g/mol. The third-order valence-electron chi connectivity index (χ3n) is 3.91. The predicted octanol–water partition coefficient (Wildman–Crippen LogP) is 3.06. The molecule has 0 spiro atoms. The number of fused-ring (bicyclic) bond motifs is 1. The van der Waals surface area contributed by atoms with Gasteiger partial charge in [-0.05, 0) is 29.0 Å². The van der Waals surface area contributed by atoms with E-state index in [1.54, 1.807) is 6.07 Å². The van der Waals surface area contributed by atoms with Gasteiger partial charge in [0.05, 0.1) is 0 Å². The Morgan fingerprint density at radius 2 is 2.05 bits per heavy atom. The van der Waals surface area contributed by atoms with Gasteiger partial charge >= 0.3 is 6.09 Å². The van der Waals surface area contributed by atoms with Crippen LogP contribution < -0.4 is 0 Å². The predicted molar refractivity (Wildman–Crippen MR) is 73.6 cm³/mol. The molecule has 4 heteroatoms. The van der Waals surface area contributed by atoms with Crippen LogP contribution in [-0.4, -0.2) is 34.3 Å². The Kier molecular flexibility index (Phi) is 3.43. The first-order chi connectivity index (χ1) is 8.80. The molecule has 1 atom stereocenters. The highest BCUT2D eigenvalue weighted by molar-refractivity contribution is 5.65. The Labute approximate surface area is 113 Å². The minimum atomic E-state index is -0.887. The molecule has 0 aromatic heterocycles. The van der Waals surface area contributed by atoms with Gasteiger partial charge in [0.2, 0.25) is 0 Å². The molecule has 1 aromatic carbocycles. The molecule has 0 aliphatic carbocycles. The van der Waals surface area contributed by atoms with Crippen LogP contribution in [0.1, 0.15) is 37.8 Å². The molecular weight excluding hydrogens is 242 g/mol. The summed E-state index contributed by atoms with van der Waals surface area (Å²) in [6.07, 6.45) is -0.317. The van der Waals surface area contributed by atoms with Crippen molar-refractivity contribution >= 4 is 6.09 Å². The van der Waals surface area contributed by atoms with E-state index in [1.807, 2.05) is 12.1 Å². The Morgan fingerprint density at radius 3 is 2.63 bits per heavy atom. The molecule has 1 heterocycles. The van der Waals surface area contributed by atoms with E-state index in [0.717, 1.165) is 11.1 Å². The highest BCUT2D eigenvalue weighted by atomic mass is 16.4. The maximum atomic E-state index is 11.3. The zero-order chi connectivity index (χ0) is 14.2. The minimum Gasteiger partial charge on any atom is -0.508 e. The van der Waals surface area contributed by atoms with Crippen LogP contribution in [0.2, 0.25) is 0 Å². The fourth-order valence-electron chi connectivity index (χ4n) is 2.76. The zero-order valence-electron chi connectivity index (χ0n) is 11.7. The normalized spacial score (nSPS) is 19.7. The van der Waals surface area contributed by atoms with E-state index in [9.17, 15) is 15.0 Å². The molecule has 0 saturated heterocycles. The lowest BCUT2D eigenvalue weighted by molar-refractivity contribution is 0.135. The van der Waals surface area contributed by atoms with Crippen LogP contribution >= 0.6 is 0 Å². The Balaban J connectivity index is 2.49. The van der Waals surface area contributed by atoms with Gasteiger partial charge in [0, 0.05) is 19.0 Å². The van der Waals surface area contributed by atoms with Crippen LogP contribution in [0, 0.1) is 5.41 Å². The van der Waals surface area contributed by atoms with Gasteiger partial charge in [0.1, 0.15) is 5.75 Å². The van der Waals surface area contributed by atoms with Crippen molar-refractivity contribution in [2.45, 2.75) is 33.1 Å². The van der Waals surface area contributed by atoms with Gasteiger partial charge < -0.3 is 15.1 Å². The molecule has 2 N–H and O–H groups in total. The van der Waals surface area contributed by atoms with Gasteiger partial charge in [-0.25, -0.2) is 4.79 Å². The monoisotopic (exact) mass is 263 g/mol. The minimum absolute atomic E-state index is 0.0550. The molecule has 0 bridgehead atoms. The molecule has 104 valence electrons. The second kappa shape index (κ2) is 4.76. The number of phenolic OH excluding ortho intramolecular Hbond substituents is 1. The second-order valence-electron chi connectivity index (χ2n) is 6.24. The van der Waals surface area contributed by atoms with Crippen LogP contribution in [0.5, 0.6) is 5.75 Å². The molecule has 2 rings (SSSR count). The van der Waals surface area contributed by atoms with Crippen molar-refractivity contribution in [2.24, 2.45) is 5.41 Å². The number of carboxylic acid groups (broad SMARTS) is 1. The third kappa shape index (κ3) is 2.67. The van der Waals surface area contributed by atoms with Crippen LogP contribution in [0.3, 0.4) is 0 Å². The first-order valence-corrected chi connectivity index (χ1v) is 6.59. The Bertz CT molecular complexity index is 491. The highest BCUT2D eigenvalue weighted by Crippen LogP contribution is 2.41. The van der Waals surface area contributed by atoms with Gasteiger partial charge in [0.15, 0.2) is 0 Å². The Hall–Kier alpha value is -1.71. The molecule has 1 unspecified atom stereocenters. The lowest BCUT2D eigenvalue weighted by atomic mass is 9.75. The number of hydrogen-bond donors (Lipinski definition) is 2. The molecule has 1 aliphatic rings. The van der Waals surface area contributed by atoms with Crippen molar-refractivity contribution in [1.82, 2.24) is 4.90 Å². The van der Waals surface area contributed by atoms with E-state index in [1.165, 1.54) is 4.90 Å². The Morgan fingerprint density at radius 1 is 1.37 bits per heavy atom. The van der Waals surface area contributed by atoms with E-state index >= 15 is 0 Å². The zero-order valence-corrected chi connectivity index (χ0v) is 11.7. The number of benzene rings is 1. The number of carbonyl (C=O) groups is 1. The van der Waals surface area contributed by atoms with Gasteiger partial charge in [-0.2, -0.15) is 0 Å². The van der Waals surface area contributed by atoms with E-state index in [-0.39, 0.29) is 17.1 Å². The van der Waals surface area contributed by atoms with Crippen LogP contribution in [0.4, 0.5) is 4.79 Å². The van der Waals surface area contributed by atoms with Crippen LogP contribution in [0.15, 0.2) is 18.2 Å². The SMILES string of the molecule is CC(C)(C)C1CN(C(=O)O)CCc2c(O)cccc21. The number of aromatic hydroxyl groups is 1. The number of hydrogen-bond acceptors (Lipinski definition) is 2. The largest absolute Gasteiger partial charge is 0.508 e. The molecule has 1 amide bonds. The lowest BCUT2D eigenvalue weighted by Gasteiger charge is -2.33. The van der Waals surface area contributed by atoms with Crippen molar-refractivity contribution in [2.75, 3.05) is 13.1 Å². The summed E-state index contributed by atoms with van der Waals surface area (Å²) in [5.41, 5.74) is 1.92. The first-order valence-electron chi connectivity index (χ1n) is 6.59. The summed E-state index contributed by atoms with van der Waals surface area (Å²) in [6, 6.07) is 5.52. The van der Waals surface area contributed by atoms with Crippen LogP contribution in [-0.2, 0) is 6.42 Å².